The van der Waals surface area contributed by atoms with Gasteiger partial charge in [0.15, 0.2) is 0 Å². The predicted molar refractivity (Wildman–Crippen MR) is 51.0 cm³/mol. The van der Waals surface area contributed by atoms with Crippen LogP contribution in [0.5, 0.6) is 0 Å². The highest BCUT2D eigenvalue weighted by atomic mass is 19.4. The molecule has 0 fully saturated rings. The summed E-state index contributed by atoms with van der Waals surface area (Å²) >= 11 is 0. The number of nitrogens with zero attached hydrogens (tertiary/aromatic N) is 1. The molecule has 1 atom stereocenters. The minimum absolute atomic E-state index is 0.280. The molecule has 86 valence electrons. The summed E-state index contributed by atoms with van der Waals surface area (Å²) in [5.41, 5.74) is -0.335. The van der Waals surface area contributed by atoms with Crippen LogP contribution in [-0.4, -0.2) is 17.8 Å². The lowest BCUT2D eigenvalue weighted by Crippen LogP contribution is -2.25. The molecule has 0 saturated carbocycles. The van der Waals surface area contributed by atoms with Crippen molar-refractivity contribution in [1.29, 1.82) is 0 Å². The Labute approximate surface area is 89.7 Å². The van der Waals surface area contributed by atoms with E-state index in [9.17, 15) is 18.0 Å². The van der Waals surface area contributed by atoms with Crippen molar-refractivity contribution < 1.29 is 18.0 Å². The first kappa shape index (κ1) is 10.9. The van der Waals surface area contributed by atoms with Gasteiger partial charge >= 0.3 is 6.18 Å². The van der Waals surface area contributed by atoms with Gasteiger partial charge in [-0.25, -0.2) is 4.98 Å². The maximum absolute atomic E-state index is 12.4. The number of nitrogens with one attached hydrogen (secondary N) is 1. The SMILES string of the molecule is O=CC1CNc2ncc(C(F)(F)F)cc2C1. The average Bonchev–Trinajstić information content (AvgIpc) is 2.26. The number of hydrogen-bond donors (Lipinski definition) is 1. The highest BCUT2D eigenvalue weighted by molar-refractivity contribution is 5.60. The van der Waals surface area contributed by atoms with Crippen LogP contribution in [0.4, 0.5) is 19.0 Å². The number of carbonyl (C=O) groups is 1. The van der Waals surface area contributed by atoms with Crippen molar-refractivity contribution in [3.05, 3.63) is 23.4 Å². The van der Waals surface area contributed by atoms with Gasteiger partial charge in [0, 0.05) is 18.7 Å². The summed E-state index contributed by atoms with van der Waals surface area (Å²) in [5, 5.41) is 2.83. The molecule has 16 heavy (non-hydrogen) atoms. The molecule has 1 unspecified atom stereocenters. The number of rotatable bonds is 1. The third-order valence-corrected chi connectivity index (χ3v) is 2.50. The second kappa shape index (κ2) is 3.77. The molecule has 1 aliphatic rings. The molecule has 1 N–H and O–H groups in total. The molecular formula is C10H9F3N2O. The summed E-state index contributed by atoms with van der Waals surface area (Å²) in [6.07, 6.45) is -2.54. The number of pyridine rings is 1. The molecule has 2 rings (SSSR count). The van der Waals surface area contributed by atoms with Crippen LogP contribution in [0.25, 0.3) is 0 Å². The monoisotopic (exact) mass is 230 g/mol. The van der Waals surface area contributed by atoms with Crippen LogP contribution in [0.1, 0.15) is 11.1 Å². The van der Waals surface area contributed by atoms with Gasteiger partial charge in [0.1, 0.15) is 12.1 Å². The Kier molecular flexibility index (Phi) is 2.57. The molecule has 0 saturated heterocycles. The Morgan fingerprint density at radius 1 is 1.50 bits per heavy atom. The second-order valence-corrected chi connectivity index (χ2v) is 3.71. The van der Waals surface area contributed by atoms with E-state index < -0.39 is 11.7 Å². The first-order valence-corrected chi connectivity index (χ1v) is 4.76. The van der Waals surface area contributed by atoms with Gasteiger partial charge < -0.3 is 10.1 Å². The summed E-state index contributed by atoms with van der Waals surface area (Å²) in [6.45, 7) is 0.425. The van der Waals surface area contributed by atoms with Gasteiger partial charge in [-0.2, -0.15) is 13.2 Å². The second-order valence-electron chi connectivity index (χ2n) is 3.71. The average molecular weight is 230 g/mol. The van der Waals surface area contributed by atoms with E-state index in [1.165, 1.54) is 0 Å². The van der Waals surface area contributed by atoms with E-state index >= 15 is 0 Å². The summed E-state index contributed by atoms with van der Waals surface area (Å²) in [6, 6.07) is 1.05. The molecule has 0 aliphatic carbocycles. The zero-order valence-corrected chi connectivity index (χ0v) is 8.21. The van der Waals surface area contributed by atoms with Gasteiger partial charge in [-0.15, -0.1) is 0 Å². The Balaban J connectivity index is 2.34. The van der Waals surface area contributed by atoms with E-state index in [1.807, 2.05) is 0 Å². The van der Waals surface area contributed by atoms with Gasteiger partial charge in [-0.3, -0.25) is 0 Å². The zero-order valence-electron chi connectivity index (χ0n) is 8.21. The van der Waals surface area contributed by atoms with E-state index in [4.69, 9.17) is 0 Å². The summed E-state index contributed by atoms with van der Waals surface area (Å²) in [5.74, 6) is 0.156. The molecule has 0 radical (unpaired) electrons. The lowest BCUT2D eigenvalue weighted by atomic mass is 9.96. The van der Waals surface area contributed by atoms with Gasteiger partial charge in [0.2, 0.25) is 0 Å². The number of fused-ring (bicyclic) bond motifs is 1. The van der Waals surface area contributed by atoms with Crippen LogP contribution in [-0.2, 0) is 17.4 Å². The number of carbonyl (C=O) groups excluding carboxylic acids is 1. The van der Waals surface area contributed by atoms with Crippen molar-refractivity contribution in [1.82, 2.24) is 4.98 Å². The van der Waals surface area contributed by atoms with E-state index in [0.29, 0.717) is 24.3 Å². The zero-order chi connectivity index (χ0) is 11.8. The molecule has 0 spiro atoms. The van der Waals surface area contributed by atoms with Crippen LogP contribution >= 0.6 is 0 Å². The Hall–Kier alpha value is -1.59. The van der Waals surface area contributed by atoms with E-state index in [1.54, 1.807) is 0 Å². The molecule has 6 heteroatoms. The summed E-state index contributed by atoms with van der Waals surface area (Å²) in [4.78, 5) is 14.3. The fourth-order valence-electron chi connectivity index (χ4n) is 1.66. The van der Waals surface area contributed by atoms with Crippen molar-refractivity contribution in [2.75, 3.05) is 11.9 Å². The van der Waals surface area contributed by atoms with E-state index in [-0.39, 0.29) is 5.92 Å². The molecule has 1 aromatic rings. The molecule has 1 aliphatic heterocycles. The molecular weight excluding hydrogens is 221 g/mol. The number of alkyl halides is 3. The Morgan fingerprint density at radius 2 is 2.25 bits per heavy atom. The molecule has 3 nitrogen and oxygen atoms in total. The van der Waals surface area contributed by atoms with Gasteiger partial charge in [-0.1, -0.05) is 0 Å². The fraction of sp³-hybridized carbons (Fsp3) is 0.400. The predicted octanol–water partition coefficient (Wildman–Crippen LogP) is 1.88. The maximum atomic E-state index is 12.4. The van der Waals surface area contributed by atoms with Gasteiger partial charge in [0.25, 0.3) is 0 Å². The van der Waals surface area contributed by atoms with E-state index in [0.717, 1.165) is 18.5 Å². The number of halogens is 3. The third kappa shape index (κ3) is 2.00. The first-order chi connectivity index (χ1) is 7.50. The molecule has 0 amide bonds. The maximum Gasteiger partial charge on any atom is 0.417 e. The van der Waals surface area contributed by atoms with E-state index in [2.05, 4.69) is 10.3 Å². The van der Waals surface area contributed by atoms with Crippen molar-refractivity contribution in [2.45, 2.75) is 12.6 Å². The van der Waals surface area contributed by atoms with Crippen molar-refractivity contribution in [3.63, 3.8) is 0 Å². The number of aromatic nitrogens is 1. The minimum Gasteiger partial charge on any atom is -0.369 e. The topological polar surface area (TPSA) is 42.0 Å². The van der Waals surface area contributed by atoms with Gasteiger partial charge in [-0.05, 0) is 18.1 Å². The van der Waals surface area contributed by atoms with Crippen LogP contribution in [0.15, 0.2) is 12.3 Å². The molecule has 2 heterocycles. The highest BCUT2D eigenvalue weighted by Crippen LogP contribution is 2.32. The number of hydrogen-bond acceptors (Lipinski definition) is 3. The molecule has 1 aromatic heterocycles. The van der Waals surface area contributed by atoms with Crippen LogP contribution in [0.3, 0.4) is 0 Å². The Morgan fingerprint density at radius 3 is 2.88 bits per heavy atom. The normalized spacial score (nSPS) is 19.8. The summed E-state index contributed by atoms with van der Waals surface area (Å²) < 4.78 is 37.2. The number of aldehydes is 1. The standard InChI is InChI=1S/C10H9F3N2O/c11-10(12,13)8-2-7-1-6(5-16)3-14-9(7)15-4-8/h2,4-6H,1,3H2,(H,14,15). The third-order valence-electron chi connectivity index (χ3n) is 2.50. The molecule has 0 aromatic carbocycles. The van der Waals surface area contributed by atoms with Crippen LogP contribution in [0.2, 0.25) is 0 Å². The molecule has 0 bridgehead atoms. The largest absolute Gasteiger partial charge is 0.417 e. The smallest absolute Gasteiger partial charge is 0.369 e. The lowest BCUT2D eigenvalue weighted by molar-refractivity contribution is -0.137. The van der Waals surface area contributed by atoms with Crippen molar-refractivity contribution in [3.8, 4) is 0 Å². The van der Waals surface area contributed by atoms with Crippen molar-refractivity contribution >= 4 is 12.1 Å². The van der Waals surface area contributed by atoms with Crippen LogP contribution in [0, 0.1) is 5.92 Å². The highest BCUT2D eigenvalue weighted by Gasteiger charge is 2.32. The van der Waals surface area contributed by atoms with Crippen LogP contribution < -0.4 is 5.32 Å². The summed E-state index contributed by atoms with van der Waals surface area (Å²) in [7, 11) is 0. The quantitative estimate of drug-likeness (QED) is 0.749. The first-order valence-electron chi connectivity index (χ1n) is 4.76. The fourth-order valence-corrected chi connectivity index (χ4v) is 1.66. The lowest BCUT2D eigenvalue weighted by Gasteiger charge is -2.22. The number of anilines is 1. The minimum atomic E-state index is -4.39. The van der Waals surface area contributed by atoms with Crippen molar-refractivity contribution in [2.24, 2.45) is 5.92 Å². The van der Waals surface area contributed by atoms with Gasteiger partial charge in [0.05, 0.1) is 5.56 Å². The Bertz CT molecular complexity index is 417.